The Labute approximate surface area is 304 Å². The minimum atomic E-state index is -1.37. The lowest BCUT2D eigenvalue weighted by molar-refractivity contribution is -0.0111. The van der Waals surface area contributed by atoms with Crippen LogP contribution in [0.2, 0.25) is 0 Å². The van der Waals surface area contributed by atoms with Crippen LogP contribution in [0.3, 0.4) is 0 Å². The summed E-state index contributed by atoms with van der Waals surface area (Å²) < 4.78 is 26.4. The van der Waals surface area contributed by atoms with Gasteiger partial charge in [0.15, 0.2) is 0 Å². The van der Waals surface area contributed by atoms with Crippen LogP contribution in [0.5, 0.6) is 17.2 Å². The van der Waals surface area contributed by atoms with E-state index in [-0.39, 0.29) is 28.5 Å². The van der Waals surface area contributed by atoms with Crippen molar-refractivity contribution >= 4 is 23.8 Å². The Morgan fingerprint density at radius 3 is 1.44 bits per heavy atom. The molecule has 2 unspecified atom stereocenters. The first-order valence-corrected chi connectivity index (χ1v) is 20.2. The Bertz CT molecular complexity index is 1520. The molecule has 2 saturated heterocycles. The number of phenolic OH excluding ortho intramolecular Hbond substituents is 1. The first-order valence-electron chi connectivity index (χ1n) is 18.9. The monoisotopic (exact) mass is 702 g/mol. The highest BCUT2D eigenvalue weighted by molar-refractivity contribution is 7.80. The summed E-state index contributed by atoms with van der Waals surface area (Å²) in [4.78, 5) is 0. The zero-order chi connectivity index (χ0) is 36.4. The highest BCUT2D eigenvalue weighted by atomic mass is 31.1. The maximum Gasteiger partial charge on any atom is 0.131 e. The Morgan fingerprint density at radius 1 is 0.620 bits per heavy atom. The SMILES string of the molecule is Cc1cc(P(c2cccc(C(C)(C)C)c2O)c2cc(C)cc(C(C)(C)C)c2OCC2CCCCO2)c(OCC2CCCCO2)c(C(C)(C)C)c1. The fourth-order valence-corrected chi connectivity index (χ4v) is 9.98. The molecule has 0 bridgehead atoms. The minimum absolute atomic E-state index is 0.0652. The maximum atomic E-state index is 12.4. The van der Waals surface area contributed by atoms with E-state index in [1.165, 1.54) is 22.3 Å². The van der Waals surface area contributed by atoms with Crippen LogP contribution in [-0.2, 0) is 25.7 Å². The molecule has 0 aliphatic carbocycles. The third-order valence-electron chi connectivity index (χ3n) is 9.96. The number of para-hydroxylation sites is 1. The topological polar surface area (TPSA) is 57.2 Å². The molecular formula is C44H63O5P. The van der Waals surface area contributed by atoms with E-state index in [2.05, 4.69) is 119 Å². The smallest absolute Gasteiger partial charge is 0.131 e. The number of ether oxygens (including phenoxy) is 4. The molecule has 5 rings (SSSR count). The van der Waals surface area contributed by atoms with Crippen LogP contribution in [-0.4, -0.2) is 43.7 Å². The predicted octanol–water partition coefficient (Wildman–Crippen LogP) is 9.56. The zero-order valence-electron chi connectivity index (χ0n) is 32.8. The van der Waals surface area contributed by atoms with Gasteiger partial charge in [0, 0.05) is 40.3 Å². The molecule has 0 spiro atoms. The number of benzene rings is 3. The summed E-state index contributed by atoms with van der Waals surface area (Å²) in [7, 11) is -1.37. The van der Waals surface area contributed by atoms with Crippen molar-refractivity contribution in [3.63, 3.8) is 0 Å². The molecule has 5 nitrogen and oxygen atoms in total. The van der Waals surface area contributed by atoms with Crippen LogP contribution in [0.15, 0.2) is 42.5 Å². The van der Waals surface area contributed by atoms with Crippen molar-refractivity contribution in [2.45, 2.75) is 143 Å². The molecule has 2 fully saturated rings. The molecule has 0 aromatic heterocycles. The maximum absolute atomic E-state index is 12.4. The largest absolute Gasteiger partial charge is 0.507 e. The average molecular weight is 703 g/mol. The molecule has 0 saturated carbocycles. The second kappa shape index (κ2) is 15.6. The van der Waals surface area contributed by atoms with Crippen molar-refractivity contribution < 1.29 is 24.1 Å². The highest BCUT2D eigenvalue weighted by Gasteiger charge is 2.35. The summed E-state index contributed by atoms with van der Waals surface area (Å²) in [5.41, 5.74) is 5.02. The molecule has 1 N–H and O–H groups in total. The molecular weight excluding hydrogens is 639 g/mol. The van der Waals surface area contributed by atoms with Crippen molar-refractivity contribution in [1.82, 2.24) is 0 Å². The van der Waals surface area contributed by atoms with Gasteiger partial charge in [0.1, 0.15) is 30.5 Å². The highest BCUT2D eigenvalue weighted by Crippen LogP contribution is 2.48. The van der Waals surface area contributed by atoms with Gasteiger partial charge in [0.25, 0.3) is 0 Å². The molecule has 0 amide bonds. The van der Waals surface area contributed by atoms with Crippen LogP contribution in [0, 0.1) is 13.8 Å². The summed E-state index contributed by atoms with van der Waals surface area (Å²) in [5.74, 6) is 2.17. The first kappa shape index (κ1) is 38.6. The lowest BCUT2D eigenvalue weighted by atomic mass is 9.85. The van der Waals surface area contributed by atoms with Crippen molar-refractivity contribution in [2.75, 3.05) is 26.4 Å². The van der Waals surface area contributed by atoms with Gasteiger partial charge in [-0.1, -0.05) is 92.6 Å². The van der Waals surface area contributed by atoms with Gasteiger partial charge in [0.05, 0.1) is 12.2 Å². The summed E-state index contributed by atoms with van der Waals surface area (Å²) in [6.45, 7) is 27.0. The lowest BCUT2D eigenvalue weighted by Crippen LogP contribution is -2.33. The normalized spacial score (nSPS) is 19.7. The number of rotatable bonds is 9. The van der Waals surface area contributed by atoms with E-state index in [0.717, 1.165) is 84.7 Å². The third-order valence-corrected chi connectivity index (χ3v) is 12.4. The number of hydrogen-bond acceptors (Lipinski definition) is 5. The fraction of sp³-hybridized carbons (Fsp3) is 0.591. The van der Waals surface area contributed by atoms with Crippen LogP contribution < -0.4 is 25.4 Å². The third kappa shape index (κ3) is 9.06. The molecule has 274 valence electrons. The Morgan fingerprint density at radius 2 is 1.06 bits per heavy atom. The molecule has 2 aliphatic rings. The number of aryl methyl sites for hydroxylation is 2. The van der Waals surface area contributed by atoms with Gasteiger partial charge in [-0.2, -0.15) is 0 Å². The fourth-order valence-electron chi connectivity index (χ4n) is 7.19. The van der Waals surface area contributed by atoms with E-state index in [1.54, 1.807) is 0 Å². The van der Waals surface area contributed by atoms with Gasteiger partial charge in [-0.05, 0) is 105 Å². The van der Waals surface area contributed by atoms with E-state index >= 15 is 0 Å². The van der Waals surface area contributed by atoms with Crippen molar-refractivity contribution in [2.24, 2.45) is 0 Å². The molecule has 3 aromatic carbocycles. The van der Waals surface area contributed by atoms with Gasteiger partial charge in [-0.15, -0.1) is 0 Å². The lowest BCUT2D eigenvalue weighted by Gasteiger charge is -2.34. The molecule has 3 aromatic rings. The van der Waals surface area contributed by atoms with Gasteiger partial charge < -0.3 is 24.1 Å². The van der Waals surface area contributed by atoms with E-state index in [4.69, 9.17) is 18.9 Å². The van der Waals surface area contributed by atoms with E-state index in [0.29, 0.717) is 19.0 Å². The Balaban J connectivity index is 1.82. The molecule has 50 heavy (non-hydrogen) atoms. The molecule has 2 aliphatic heterocycles. The number of hydrogen-bond donors (Lipinski definition) is 1. The van der Waals surface area contributed by atoms with E-state index in [1.807, 2.05) is 0 Å². The predicted molar refractivity (Wildman–Crippen MR) is 211 cm³/mol. The van der Waals surface area contributed by atoms with Crippen LogP contribution in [0.4, 0.5) is 0 Å². The summed E-state index contributed by atoms with van der Waals surface area (Å²) in [5, 5.41) is 15.5. The minimum Gasteiger partial charge on any atom is -0.507 e. The average Bonchev–Trinajstić information content (AvgIpc) is 3.04. The Hall–Kier alpha value is -2.59. The first-order chi connectivity index (χ1) is 23.4. The summed E-state index contributed by atoms with van der Waals surface area (Å²) in [6, 6.07) is 15.5. The van der Waals surface area contributed by atoms with Crippen molar-refractivity contribution in [3.05, 3.63) is 70.3 Å². The Kier molecular flexibility index (Phi) is 12.0. The van der Waals surface area contributed by atoms with Crippen molar-refractivity contribution in [3.8, 4) is 17.2 Å². The van der Waals surface area contributed by atoms with Crippen molar-refractivity contribution in [1.29, 1.82) is 0 Å². The number of phenols is 1. The molecule has 0 radical (unpaired) electrons. The van der Waals surface area contributed by atoms with E-state index in [9.17, 15) is 5.11 Å². The second-order valence-electron chi connectivity index (χ2n) is 17.7. The van der Waals surface area contributed by atoms with Gasteiger partial charge >= 0.3 is 0 Å². The van der Waals surface area contributed by atoms with E-state index < -0.39 is 7.92 Å². The van der Waals surface area contributed by atoms with Gasteiger partial charge in [0.2, 0.25) is 0 Å². The molecule has 2 heterocycles. The summed E-state index contributed by atoms with van der Waals surface area (Å²) >= 11 is 0. The molecule has 6 heteroatoms. The van der Waals surface area contributed by atoms with Crippen LogP contribution in [0.25, 0.3) is 0 Å². The standard InChI is InChI=1S/C44H63O5P/c1-29-23-34(43(6,7)8)40(48-27-31-17-12-14-21-46-31)37(25-29)50(36-20-16-19-33(39(36)45)42(3,4)5)38-26-30(2)24-35(44(9,10)11)41(38)49-28-32-18-13-15-22-47-32/h16,19-20,23-26,31-32,45H,12-15,17-18,21-22,27-28H2,1-11H3. The van der Waals surface area contributed by atoms with Crippen LogP contribution >= 0.6 is 7.92 Å². The summed E-state index contributed by atoms with van der Waals surface area (Å²) in [6.07, 6.45) is 6.66. The number of aromatic hydroxyl groups is 1. The zero-order valence-corrected chi connectivity index (χ0v) is 33.7. The molecule has 2 atom stereocenters. The quantitative estimate of drug-likeness (QED) is 0.225. The second-order valence-corrected chi connectivity index (χ2v) is 19.8. The van der Waals surface area contributed by atoms with Gasteiger partial charge in [-0.3, -0.25) is 0 Å². The van der Waals surface area contributed by atoms with Gasteiger partial charge in [-0.25, -0.2) is 0 Å². The van der Waals surface area contributed by atoms with Crippen LogP contribution in [0.1, 0.15) is 129 Å².